The summed E-state index contributed by atoms with van der Waals surface area (Å²) in [4.78, 5) is 0. The number of unbranched alkanes of at least 4 members (excludes halogenated alkanes) is 1. The van der Waals surface area contributed by atoms with Crippen LogP contribution in [0.1, 0.15) is 55.6 Å². The van der Waals surface area contributed by atoms with Crippen molar-refractivity contribution in [3.05, 3.63) is 39.2 Å². The molecule has 0 spiro atoms. The largest absolute Gasteiger partial charge is 0.489 e. The molecule has 4 rings (SSSR count). The average molecular weight is 544 g/mol. The fourth-order valence-electron chi connectivity index (χ4n) is 5.38. The van der Waals surface area contributed by atoms with Crippen LogP contribution in [0, 0.1) is 5.92 Å². The van der Waals surface area contributed by atoms with Crippen LogP contribution in [0.15, 0.2) is 28.1 Å². The van der Waals surface area contributed by atoms with E-state index in [1.165, 1.54) is 17.5 Å². The minimum absolute atomic E-state index is 0.00512. The standard InChI is InChI=1S/C25H35BrO4S2/c1-31-12-9-21(32-2)24-19(27)15-20-23(24)18-14-17(26)13-16(25(18)30-20)7-3-5-10-28-22-8-4-6-11-29-22/h9,12-14,19-24,27H,3-8,10-11,15H2,1-2H3/t19?,20-,21?,22?,23-,24?/m1/s1. The number of aliphatic hydroxyl groups excluding tert-OH is 1. The minimum Gasteiger partial charge on any atom is -0.489 e. The molecule has 0 amide bonds. The van der Waals surface area contributed by atoms with Crippen molar-refractivity contribution in [3.63, 3.8) is 0 Å². The van der Waals surface area contributed by atoms with Gasteiger partial charge in [0, 0.05) is 46.8 Å². The van der Waals surface area contributed by atoms with Crippen molar-refractivity contribution in [2.24, 2.45) is 5.92 Å². The molecule has 1 aromatic carbocycles. The Kier molecular flexibility index (Phi) is 9.34. The molecule has 6 atom stereocenters. The molecule has 3 aliphatic rings. The van der Waals surface area contributed by atoms with E-state index in [0.29, 0.717) is 6.42 Å². The molecule has 0 bridgehead atoms. The fraction of sp³-hybridized carbons (Fsp3) is 0.680. The van der Waals surface area contributed by atoms with Gasteiger partial charge in [-0.1, -0.05) is 22.0 Å². The van der Waals surface area contributed by atoms with E-state index in [9.17, 15) is 5.11 Å². The summed E-state index contributed by atoms with van der Waals surface area (Å²) in [5.74, 6) is 1.48. The van der Waals surface area contributed by atoms with Crippen LogP contribution in [0.5, 0.6) is 5.75 Å². The van der Waals surface area contributed by atoms with Gasteiger partial charge in [0.25, 0.3) is 0 Å². The lowest BCUT2D eigenvalue weighted by Crippen LogP contribution is -2.28. The summed E-state index contributed by atoms with van der Waals surface area (Å²) in [6.45, 7) is 1.58. The predicted molar refractivity (Wildman–Crippen MR) is 138 cm³/mol. The van der Waals surface area contributed by atoms with E-state index in [-0.39, 0.29) is 35.6 Å². The first-order valence-corrected chi connectivity index (χ1v) is 15.1. The van der Waals surface area contributed by atoms with Gasteiger partial charge in [0.2, 0.25) is 0 Å². The molecule has 2 aliphatic heterocycles. The second kappa shape index (κ2) is 12.0. The molecule has 2 fully saturated rings. The van der Waals surface area contributed by atoms with Gasteiger partial charge in [-0.15, -0.1) is 11.8 Å². The van der Waals surface area contributed by atoms with E-state index in [2.05, 4.69) is 52.1 Å². The van der Waals surface area contributed by atoms with Crippen molar-refractivity contribution in [1.82, 2.24) is 0 Å². The van der Waals surface area contributed by atoms with Crippen molar-refractivity contribution in [2.45, 2.75) is 74.6 Å². The highest BCUT2D eigenvalue weighted by Crippen LogP contribution is 2.54. The smallest absolute Gasteiger partial charge is 0.157 e. The molecule has 7 heteroatoms. The number of aryl methyl sites for hydroxylation is 1. The first kappa shape index (κ1) is 24.9. The van der Waals surface area contributed by atoms with Crippen LogP contribution in [0.2, 0.25) is 0 Å². The normalized spacial score (nSPS) is 30.3. The maximum atomic E-state index is 10.9. The Hall–Kier alpha value is -0.180. The van der Waals surface area contributed by atoms with E-state index < -0.39 is 0 Å². The van der Waals surface area contributed by atoms with Crippen LogP contribution in [-0.2, 0) is 15.9 Å². The van der Waals surface area contributed by atoms with Crippen LogP contribution in [-0.4, -0.2) is 54.6 Å². The molecule has 0 radical (unpaired) electrons. The van der Waals surface area contributed by atoms with Crippen LogP contribution in [0.3, 0.4) is 0 Å². The van der Waals surface area contributed by atoms with Crippen molar-refractivity contribution in [3.8, 4) is 5.75 Å². The third-order valence-corrected chi connectivity index (χ3v) is 8.76. The van der Waals surface area contributed by atoms with Gasteiger partial charge in [0.1, 0.15) is 11.9 Å². The number of ether oxygens (including phenoxy) is 3. The molecule has 4 unspecified atom stereocenters. The van der Waals surface area contributed by atoms with Gasteiger partial charge in [-0.3, -0.25) is 0 Å². The zero-order valence-corrected chi connectivity index (χ0v) is 22.2. The number of halogens is 1. The van der Waals surface area contributed by atoms with E-state index in [1.54, 1.807) is 11.8 Å². The lowest BCUT2D eigenvalue weighted by molar-refractivity contribution is -0.162. The number of benzene rings is 1. The summed E-state index contributed by atoms with van der Waals surface area (Å²) >= 11 is 7.27. The lowest BCUT2D eigenvalue weighted by atomic mass is 9.84. The van der Waals surface area contributed by atoms with Crippen molar-refractivity contribution >= 4 is 39.5 Å². The maximum Gasteiger partial charge on any atom is 0.157 e. The lowest BCUT2D eigenvalue weighted by Gasteiger charge is -2.27. The Bertz CT molecular complexity index is 783. The summed E-state index contributed by atoms with van der Waals surface area (Å²) < 4.78 is 19.1. The third-order valence-electron chi connectivity index (χ3n) is 6.86. The molecule has 1 saturated heterocycles. The van der Waals surface area contributed by atoms with Gasteiger partial charge < -0.3 is 19.3 Å². The first-order chi connectivity index (χ1) is 15.6. The van der Waals surface area contributed by atoms with Gasteiger partial charge in [0.15, 0.2) is 6.29 Å². The molecule has 1 aliphatic carbocycles. The molecular weight excluding hydrogens is 508 g/mol. The molecular formula is C25H35BrO4S2. The van der Waals surface area contributed by atoms with Gasteiger partial charge in [-0.25, -0.2) is 0 Å². The molecule has 2 heterocycles. The molecule has 4 nitrogen and oxygen atoms in total. The van der Waals surface area contributed by atoms with Crippen LogP contribution >= 0.6 is 39.5 Å². The Morgan fingerprint density at radius 2 is 2.16 bits per heavy atom. The number of aliphatic hydroxyl groups is 1. The number of rotatable bonds is 10. The molecule has 1 N–H and O–H groups in total. The summed E-state index contributed by atoms with van der Waals surface area (Å²) in [6.07, 6.45) is 13.3. The van der Waals surface area contributed by atoms with Gasteiger partial charge in [-0.05, 0) is 74.1 Å². The van der Waals surface area contributed by atoms with E-state index in [0.717, 1.165) is 55.5 Å². The van der Waals surface area contributed by atoms with E-state index in [1.807, 2.05) is 11.8 Å². The van der Waals surface area contributed by atoms with Crippen LogP contribution in [0.4, 0.5) is 0 Å². The number of fused-ring (bicyclic) bond motifs is 3. The highest BCUT2D eigenvalue weighted by atomic mass is 79.9. The number of hydrogen-bond acceptors (Lipinski definition) is 6. The SMILES string of the molecule is CSC=CC(SC)C1C(O)C[C@H]2Oc3c(CCCCOC4CCCCO4)cc(Br)cc3[C@@H]12. The molecule has 32 heavy (non-hydrogen) atoms. The van der Waals surface area contributed by atoms with Crippen molar-refractivity contribution < 1.29 is 19.3 Å². The molecule has 178 valence electrons. The Balaban J connectivity index is 1.42. The molecule has 1 saturated carbocycles. The van der Waals surface area contributed by atoms with E-state index >= 15 is 0 Å². The minimum atomic E-state index is -0.330. The zero-order valence-electron chi connectivity index (χ0n) is 19.0. The maximum absolute atomic E-state index is 10.9. The summed E-state index contributed by atoms with van der Waals surface area (Å²) in [5, 5.41) is 13.3. The second-order valence-electron chi connectivity index (χ2n) is 8.93. The van der Waals surface area contributed by atoms with Crippen molar-refractivity contribution in [2.75, 3.05) is 25.7 Å². The number of thioether (sulfide) groups is 2. The van der Waals surface area contributed by atoms with E-state index in [4.69, 9.17) is 14.2 Å². The number of hydrogen-bond donors (Lipinski definition) is 1. The highest BCUT2D eigenvalue weighted by molar-refractivity contribution is 9.10. The molecule has 0 aromatic heterocycles. The topological polar surface area (TPSA) is 47.9 Å². The summed E-state index contributed by atoms with van der Waals surface area (Å²) in [6, 6.07) is 4.42. The van der Waals surface area contributed by atoms with Crippen LogP contribution in [0.25, 0.3) is 0 Å². The zero-order chi connectivity index (χ0) is 22.5. The van der Waals surface area contributed by atoms with Gasteiger partial charge in [0.05, 0.1) is 6.10 Å². The first-order valence-electron chi connectivity index (χ1n) is 11.7. The monoisotopic (exact) mass is 542 g/mol. The average Bonchev–Trinajstić information content (AvgIpc) is 3.30. The Morgan fingerprint density at radius 3 is 2.91 bits per heavy atom. The van der Waals surface area contributed by atoms with Crippen molar-refractivity contribution in [1.29, 1.82) is 0 Å². The van der Waals surface area contributed by atoms with Crippen LogP contribution < -0.4 is 4.74 Å². The predicted octanol–water partition coefficient (Wildman–Crippen LogP) is 6.15. The van der Waals surface area contributed by atoms with Gasteiger partial charge >= 0.3 is 0 Å². The highest BCUT2D eigenvalue weighted by Gasteiger charge is 2.52. The third kappa shape index (κ3) is 5.72. The summed E-state index contributed by atoms with van der Waals surface area (Å²) in [7, 11) is 0. The quantitative estimate of drug-likeness (QED) is 0.358. The summed E-state index contributed by atoms with van der Waals surface area (Å²) in [5.41, 5.74) is 2.54. The van der Waals surface area contributed by atoms with Gasteiger partial charge in [-0.2, -0.15) is 11.8 Å². The second-order valence-corrected chi connectivity index (χ2v) is 11.6. The fourth-order valence-corrected chi connectivity index (χ4v) is 7.23. The Morgan fingerprint density at radius 1 is 1.28 bits per heavy atom. The molecule has 1 aromatic rings. The Labute approximate surface area is 209 Å².